The van der Waals surface area contributed by atoms with Gasteiger partial charge in [0.2, 0.25) is 0 Å². The third kappa shape index (κ3) is 4.59. The van der Waals surface area contributed by atoms with Gasteiger partial charge in [-0.3, -0.25) is 0 Å². The van der Waals surface area contributed by atoms with Crippen LogP contribution in [0.25, 0.3) is 83.6 Å². The molecule has 50 heavy (non-hydrogen) atoms. The Labute approximate surface area is 290 Å². The molecule has 2 aromatic heterocycles. The van der Waals surface area contributed by atoms with Crippen LogP contribution in [-0.2, 0) is 6.42 Å². The Morgan fingerprint density at radius 1 is 0.420 bits per heavy atom. The maximum Gasteiger partial charge on any atom is 0.160 e. The zero-order valence-corrected chi connectivity index (χ0v) is 27.3. The van der Waals surface area contributed by atoms with Gasteiger partial charge in [-0.15, -0.1) is 0 Å². The van der Waals surface area contributed by atoms with Gasteiger partial charge in [-0.1, -0.05) is 140 Å². The van der Waals surface area contributed by atoms with Gasteiger partial charge < -0.3 is 4.57 Å². The first-order valence-electron chi connectivity index (χ1n) is 17.1. The molecule has 2 heterocycles. The summed E-state index contributed by atoms with van der Waals surface area (Å²) < 4.78 is 2.37. The summed E-state index contributed by atoms with van der Waals surface area (Å²) in [5.74, 6) is 0.752. The fourth-order valence-electron chi connectivity index (χ4n) is 7.74. The van der Waals surface area contributed by atoms with Gasteiger partial charge in [-0.05, 0) is 64.2 Å². The van der Waals surface area contributed by atoms with E-state index >= 15 is 0 Å². The number of benzene rings is 7. The largest absolute Gasteiger partial charge is 0.309 e. The fourth-order valence-corrected chi connectivity index (χ4v) is 7.74. The molecule has 3 nitrogen and oxygen atoms in total. The van der Waals surface area contributed by atoms with Gasteiger partial charge in [-0.25, -0.2) is 9.97 Å². The number of hydrogen-bond acceptors (Lipinski definition) is 2. The highest BCUT2D eigenvalue weighted by Gasteiger charge is 2.28. The molecule has 0 aliphatic heterocycles. The highest BCUT2D eigenvalue weighted by atomic mass is 15.0. The Morgan fingerprint density at radius 2 is 1.04 bits per heavy atom. The summed E-state index contributed by atoms with van der Waals surface area (Å²) in [6.45, 7) is 0. The Balaban J connectivity index is 1.12. The van der Waals surface area contributed by atoms with E-state index in [-0.39, 0.29) is 0 Å². The lowest BCUT2D eigenvalue weighted by molar-refractivity contribution is 1.13. The normalized spacial score (nSPS) is 11.9. The van der Waals surface area contributed by atoms with E-state index in [1.54, 1.807) is 0 Å². The minimum atomic E-state index is 0.752. The van der Waals surface area contributed by atoms with Crippen molar-refractivity contribution in [1.29, 1.82) is 0 Å². The second kappa shape index (κ2) is 11.5. The Bertz CT molecular complexity index is 2710. The third-order valence-electron chi connectivity index (χ3n) is 10.0. The molecule has 9 aromatic rings. The Kier molecular flexibility index (Phi) is 6.56. The Morgan fingerprint density at radius 3 is 1.86 bits per heavy atom. The topological polar surface area (TPSA) is 30.7 Å². The van der Waals surface area contributed by atoms with Crippen molar-refractivity contribution in [2.24, 2.45) is 0 Å². The lowest BCUT2D eigenvalue weighted by atomic mass is 9.93. The fraction of sp³-hybridized carbons (Fsp3) is 0.0213. The molecule has 1 aliphatic rings. The predicted octanol–water partition coefficient (Wildman–Crippen LogP) is 11.8. The van der Waals surface area contributed by atoms with Crippen LogP contribution in [0.15, 0.2) is 176 Å². The van der Waals surface area contributed by atoms with E-state index in [1.807, 2.05) is 6.07 Å². The first kappa shape index (κ1) is 28.4. The van der Waals surface area contributed by atoms with Gasteiger partial charge in [0, 0.05) is 45.1 Å². The first-order valence-corrected chi connectivity index (χ1v) is 17.1. The van der Waals surface area contributed by atoms with Crippen molar-refractivity contribution >= 4 is 21.8 Å². The molecule has 0 unspecified atom stereocenters. The maximum atomic E-state index is 5.29. The molecule has 0 atom stereocenters. The van der Waals surface area contributed by atoms with Crippen LogP contribution < -0.4 is 0 Å². The average Bonchev–Trinajstić information content (AvgIpc) is 3.74. The molecule has 0 saturated heterocycles. The van der Waals surface area contributed by atoms with Crippen LogP contribution >= 0.6 is 0 Å². The molecular weight excluding hydrogens is 607 g/mol. The van der Waals surface area contributed by atoms with Crippen LogP contribution in [0, 0.1) is 0 Å². The van der Waals surface area contributed by atoms with E-state index in [0.29, 0.717) is 0 Å². The van der Waals surface area contributed by atoms with Crippen molar-refractivity contribution in [3.05, 3.63) is 187 Å². The number of nitrogens with zero attached hydrogens (tertiary/aromatic N) is 3. The average molecular weight is 638 g/mol. The van der Waals surface area contributed by atoms with E-state index in [0.717, 1.165) is 34.8 Å². The van der Waals surface area contributed by atoms with Crippen LogP contribution in [0.4, 0.5) is 0 Å². The highest BCUT2D eigenvalue weighted by molar-refractivity contribution is 6.10. The summed E-state index contributed by atoms with van der Waals surface area (Å²) in [4.78, 5) is 10.5. The van der Waals surface area contributed by atoms with Gasteiger partial charge in [0.1, 0.15) is 0 Å². The highest BCUT2D eigenvalue weighted by Crippen LogP contribution is 2.46. The number of hydrogen-bond donors (Lipinski definition) is 0. The van der Waals surface area contributed by atoms with E-state index in [9.17, 15) is 0 Å². The summed E-state index contributed by atoms with van der Waals surface area (Å²) in [7, 11) is 0. The lowest BCUT2D eigenvalue weighted by Crippen LogP contribution is -1.99. The van der Waals surface area contributed by atoms with Crippen LogP contribution in [-0.4, -0.2) is 14.5 Å². The number of fused-ring (bicyclic) bond motifs is 6. The summed E-state index contributed by atoms with van der Waals surface area (Å²) in [5.41, 5.74) is 16.2. The smallest absolute Gasteiger partial charge is 0.160 e. The van der Waals surface area contributed by atoms with E-state index in [4.69, 9.17) is 9.97 Å². The second-order valence-corrected chi connectivity index (χ2v) is 13.0. The SMILES string of the molecule is c1ccc(-c2nc(-c3ccccc3)c3c(n2)-c2c(cccc2-c2cccc(-c4ccc5c(c4)c4ccccc4n5-c4ccccc4)c2)C3)cc1. The zero-order chi connectivity index (χ0) is 33.0. The van der Waals surface area contributed by atoms with Crippen molar-refractivity contribution in [3.8, 4) is 61.8 Å². The van der Waals surface area contributed by atoms with E-state index < -0.39 is 0 Å². The van der Waals surface area contributed by atoms with Crippen LogP contribution in [0.2, 0.25) is 0 Å². The van der Waals surface area contributed by atoms with Crippen LogP contribution in [0.5, 0.6) is 0 Å². The maximum absolute atomic E-state index is 5.29. The van der Waals surface area contributed by atoms with Gasteiger partial charge >= 0.3 is 0 Å². The predicted molar refractivity (Wildman–Crippen MR) is 206 cm³/mol. The minimum absolute atomic E-state index is 0.752. The number of rotatable bonds is 5. The first-order chi connectivity index (χ1) is 24.8. The minimum Gasteiger partial charge on any atom is -0.309 e. The molecule has 0 saturated carbocycles. The third-order valence-corrected chi connectivity index (χ3v) is 10.0. The molecule has 3 heteroatoms. The Hall–Kier alpha value is -6.58. The van der Waals surface area contributed by atoms with Gasteiger partial charge in [0.15, 0.2) is 5.82 Å². The molecule has 7 aromatic carbocycles. The van der Waals surface area contributed by atoms with Gasteiger partial charge in [0.25, 0.3) is 0 Å². The van der Waals surface area contributed by atoms with Gasteiger partial charge in [-0.2, -0.15) is 0 Å². The summed E-state index contributed by atoms with van der Waals surface area (Å²) in [5, 5.41) is 2.51. The lowest BCUT2D eigenvalue weighted by Gasteiger charge is -2.14. The van der Waals surface area contributed by atoms with E-state index in [1.165, 1.54) is 66.4 Å². The van der Waals surface area contributed by atoms with Crippen molar-refractivity contribution in [2.75, 3.05) is 0 Å². The molecule has 234 valence electrons. The standard InChI is InChI=1S/C47H31N3/c1-4-14-31(15-5-1)45-41-30-36-20-13-24-38(44(36)46(41)49-47(48-45)32-16-6-2-7-17-32)35-19-12-18-33(28-35)34-26-27-43-40(29-34)39-23-10-11-25-42(39)50(43)37-21-8-3-9-22-37/h1-29H,30H2. The molecule has 0 bridgehead atoms. The second-order valence-electron chi connectivity index (χ2n) is 13.0. The van der Waals surface area contributed by atoms with E-state index in [2.05, 4.69) is 174 Å². The molecule has 0 spiro atoms. The molecule has 0 N–H and O–H groups in total. The summed E-state index contributed by atoms with van der Waals surface area (Å²) >= 11 is 0. The number of aromatic nitrogens is 3. The molecule has 0 fully saturated rings. The van der Waals surface area contributed by atoms with Gasteiger partial charge in [0.05, 0.1) is 22.4 Å². The number of para-hydroxylation sites is 2. The van der Waals surface area contributed by atoms with Crippen LogP contribution in [0.3, 0.4) is 0 Å². The van der Waals surface area contributed by atoms with Crippen molar-refractivity contribution in [1.82, 2.24) is 14.5 Å². The van der Waals surface area contributed by atoms with Crippen LogP contribution in [0.1, 0.15) is 11.1 Å². The zero-order valence-electron chi connectivity index (χ0n) is 27.3. The molecule has 0 radical (unpaired) electrons. The quantitative estimate of drug-likeness (QED) is 0.188. The molecule has 10 rings (SSSR count). The van der Waals surface area contributed by atoms with Crippen molar-refractivity contribution < 1.29 is 0 Å². The summed E-state index contributed by atoms with van der Waals surface area (Å²) in [6, 6.07) is 62.7. The molecule has 0 amide bonds. The monoisotopic (exact) mass is 637 g/mol. The molecule has 1 aliphatic carbocycles. The molecular formula is C47H31N3. The van der Waals surface area contributed by atoms with Crippen molar-refractivity contribution in [2.45, 2.75) is 6.42 Å². The van der Waals surface area contributed by atoms with Crippen molar-refractivity contribution in [3.63, 3.8) is 0 Å². The summed E-state index contributed by atoms with van der Waals surface area (Å²) in [6.07, 6.45) is 0.805.